The Labute approximate surface area is 122 Å². The van der Waals surface area contributed by atoms with Crippen molar-refractivity contribution in [3.63, 3.8) is 0 Å². The quantitative estimate of drug-likeness (QED) is 0.888. The van der Waals surface area contributed by atoms with E-state index in [2.05, 4.69) is 26.2 Å². The maximum absolute atomic E-state index is 13.1. The molecular weight excluding hydrogens is 335 g/mol. The Morgan fingerprint density at radius 1 is 1.42 bits per heavy atom. The third kappa shape index (κ3) is 3.30. The summed E-state index contributed by atoms with van der Waals surface area (Å²) >= 11 is 9.05. The van der Waals surface area contributed by atoms with Crippen LogP contribution in [-0.4, -0.2) is 10.9 Å². The highest BCUT2D eigenvalue weighted by Crippen LogP contribution is 2.31. The predicted octanol–water partition coefficient (Wildman–Crippen LogP) is 4.20. The summed E-state index contributed by atoms with van der Waals surface area (Å²) in [6, 6.07) is 5.75. The zero-order chi connectivity index (χ0) is 14.0. The fraction of sp³-hybridized carbons (Fsp3) is 0.0769. The molecule has 2 rings (SSSR count). The molecule has 1 N–H and O–H groups in total. The van der Waals surface area contributed by atoms with Crippen molar-refractivity contribution >= 4 is 39.1 Å². The normalized spacial score (nSPS) is 10.3. The molecule has 0 saturated carbocycles. The summed E-state index contributed by atoms with van der Waals surface area (Å²) in [5.41, 5.74) is 1.55. The maximum Gasteiger partial charge on any atom is 0.257 e. The van der Waals surface area contributed by atoms with Crippen LogP contribution < -0.4 is 5.32 Å². The van der Waals surface area contributed by atoms with Crippen molar-refractivity contribution in [2.45, 2.75) is 6.92 Å². The monoisotopic (exact) mass is 342 g/mol. The van der Waals surface area contributed by atoms with Crippen molar-refractivity contribution < 1.29 is 9.18 Å². The van der Waals surface area contributed by atoms with Crippen LogP contribution in [0, 0.1) is 12.7 Å². The number of pyridine rings is 1. The Morgan fingerprint density at radius 2 is 2.16 bits per heavy atom. The number of nitrogens with one attached hydrogen (secondary N) is 1. The van der Waals surface area contributed by atoms with Crippen molar-refractivity contribution in [2.75, 3.05) is 5.32 Å². The van der Waals surface area contributed by atoms with Crippen molar-refractivity contribution in [2.24, 2.45) is 0 Å². The number of hydrogen-bond donors (Lipinski definition) is 1. The number of halogens is 3. The van der Waals surface area contributed by atoms with E-state index < -0.39 is 5.82 Å². The number of nitrogens with zero attached hydrogens (tertiary/aromatic N) is 1. The number of aryl methyl sites for hydroxylation is 1. The lowest BCUT2D eigenvalue weighted by molar-refractivity contribution is 0.102. The highest BCUT2D eigenvalue weighted by Gasteiger charge is 2.13. The van der Waals surface area contributed by atoms with Gasteiger partial charge in [0.25, 0.3) is 5.91 Å². The molecule has 3 nitrogen and oxygen atoms in total. The van der Waals surface area contributed by atoms with Gasteiger partial charge in [-0.05, 0) is 47.1 Å². The molecule has 19 heavy (non-hydrogen) atoms. The Kier molecular flexibility index (Phi) is 4.17. The molecular formula is C13H9BrClFN2O. The molecule has 0 spiro atoms. The zero-order valence-corrected chi connectivity index (χ0v) is 12.2. The van der Waals surface area contributed by atoms with E-state index in [9.17, 15) is 9.18 Å². The Hall–Kier alpha value is -1.46. The second-order valence-corrected chi connectivity index (χ2v) is 5.15. The minimum atomic E-state index is -0.480. The molecule has 6 heteroatoms. The van der Waals surface area contributed by atoms with Crippen LogP contribution in [0.15, 0.2) is 34.9 Å². The first-order chi connectivity index (χ1) is 8.97. The molecule has 2 aromatic rings. The van der Waals surface area contributed by atoms with E-state index in [4.69, 9.17) is 11.6 Å². The molecule has 0 bridgehead atoms. The van der Waals surface area contributed by atoms with E-state index in [1.807, 2.05) is 6.92 Å². The van der Waals surface area contributed by atoms with Gasteiger partial charge in [-0.2, -0.15) is 0 Å². The van der Waals surface area contributed by atoms with Gasteiger partial charge in [0.2, 0.25) is 0 Å². The summed E-state index contributed by atoms with van der Waals surface area (Å²) in [6.45, 7) is 1.83. The molecule has 1 heterocycles. The average molecular weight is 344 g/mol. The molecule has 0 aliphatic carbocycles. The molecule has 0 saturated heterocycles. The van der Waals surface area contributed by atoms with E-state index in [0.717, 1.165) is 11.8 Å². The van der Waals surface area contributed by atoms with Gasteiger partial charge in [-0.15, -0.1) is 0 Å². The van der Waals surface area contributed by atoms with E-state index in [-0.39, 0.29) is 10.9 Å². The molecule has 0 unspecified atom stereocenters. The smallest absolute Gasteiger partial charge is 0.257 e. The second-order valence-electron chi connectivity index (χ2n) is 3.89. The van der Waals surface area contributed by atoms with Crippen molar-refractivity contribution in [1.29, 1.82) is 0 Å². The van der Waals surface area contributed by atoms with Gasteiger partial charge >= 0.3 is 0 Å². The van der Waals surface area contributed by atoms with Gasteiger partial charge in [-0.3, -0.25) is 9.78 Å². The van der Waals surface area contributed by atoms with Gasteiger partial charge in [0.05, 0.1) is 16.3 Å². The van der Waals surface area contributed by atoms with Gasteiger partial charge < -0.3 is 5.32 Å². The predicted molar refractivity (Wildman–Crippen MR) is 76.0 cm³/mol. The Bertz CT molecular complexity index is 608. The Morgan fingerprint density at radius 3 is 2.74 bits per heavy atom. The number of rotatable bonds is 2. The topological polar surface area (TPSA) is 42.0 Å². The van der Waals surface area contributed by atoms with Gasteiger partial charge in [-0.1, -0.05) is 11.6 Å². The number of anilines is 1. The molecule has 1 aromatic heterocycles. The lowest BCUT2D eigenvalue weighted by atomic mass is 10.2. The largest absolute Gasteiger partial charge is 0.320 e. The van der Waals surface area contributed by atoms with Gasteiger partial charge in [0, 0.05) is 16.4 Å². The summed E-state index contributed by atoms with van der Waals surface area (Å²) in [7, 11) is 0. The van der Waals surface area contributed by atoms with Crippen LogP contribution in [0.2, 0.25) is 5.02 Å². The number of aromatic nitrogens is 1. The first kappa shape index (κ1) is 14.0. The molecule has 98 valence electrons. The molecule has 0 radical (unpaired) electrons. The summed E-state index contributed by atoms with van der Waals surface area (Å²) in [5, 5.41) is 2.74. The molecule has 1 aromatic carbocycles. The first-order valence-corrected chi connectivity index (χ1v) is 6.53. The van der Waals surface area contributed by atoms with E-state index in [0.29, 0.717) is 15.7 Å². The van der Waals surface area contributed by atoms with E-state index in [1.54, 1.807) is 12.1 Å². The molecule has 0 fully saturated rings. The van der Waals surface area contributed by atoms with Crippen LogP contribution in [0.1, 0.15) is 16.1 Å². The van der Waals surface area contributed by atoms with Crippen LogP contribution in [0.3, 0.4) is 0 Å². The minimum absolute atomic E-state index is 0.125. The molecule has 1 amide bonds. The lowest BCUT2D eigenvalue weighted by Crippen LogP contribution is -2.13. The van der Waals surface area contributed by atoms with Gasteiger partial charge in [-0.25, -0.2) is 4.39 Å². The van der Waals surface area contributed by atoms with Gasteiger partial charge in [0.15, 0.2) is 0 Å². The van der Waals surface area contributed by atoms with Crippen LogP contribution in [0.25, 0.3) is 0 Å². The fourth-order valence-corrected chi connectivity index (χ4v) is 2.35. The van der Waals surface area contributed by atoms with Crippen LogP contribution in [-0.2, 0) is 0 Å². The van der Waals surface area contributed by atoms with E-state index >= 15 is 0 Å². The summed E-state index contributed by atoms with van der Waals surface area (Å²) in [4.78, 5) is 16.0. The zero-order valence-electron chi connectivity index (χ0n) is 9.88. The molecule has 0 aliphatic heterocycles. The van der Waals surface area contributed by atoms with Crippen molar-refractivity contribution in [3.05, 3.63) is 57.0 Å². The third-order valence-electron chi connectivity index (χ3n) is 2.42. The van der Waals surface area contributed by atoms with Crippen LogP contribution in [0.5, 0.6) is 0 Å². The standard InChI is InChI=1S/C13H9BrClFN2O/c1-7-2-3-8(6-17-7)13(19)18-12-10(14)4-9(16)5-11(12)15/h2-6H,1H3,(H,18,19). The van der Waals surface area contributed by atoms with Crippen molar-refractivity contribution in [3.8, 4) is 0 Å². The van der Waals surface area contributed by atoms with Crippen LogP contribution >= 0.6 is 27.5 Å². The summed E-state index contributed by atoms with van der Waals surface area (Å²) in [6.07, 6.45) is 1.47. The SMILES string of the molecule is Cc1ccc(C(=O)Nc2c(Cl)cc(F)cc2Br)cn1. The summed E-state index contributed by atoms with van der Waals surface area (Å²) < 4.78 is 13.5. The minimum Gasteiger partial charge on any atom is -0.320 e. The van der Waals surface area contributed by atoms with Crippen molar-refractivity contribution in [1.82, 2.24) is 4.98 Å². The highest BCUT2D eigenvalue weighted by atomic mass is 79.9. The van der Waals surface area contributed by atoms with Crippen LogP contribution in [0.4, 0.5) is 10.1 Å². The molecule has 0 aliphatic rings. The first-order valence-electron chi connectivity index (χ1n) is 5.36. The number of benzene rings is 1. The van der Waals surface area contributed by atoms with Gasteiger partial charge in [0.1, 0.15) is 5.82 Å². The second kappa shape index (κ2) is 5.67. The number of carbonyl (C=O) groups is 1. The number of carbonyl (C=O) groups excluding carboxylic acids is 1. The fourth-order valence-electron chi connectivity index (χ4n) is 1.45. The number of amides is 1. The lowest BCUT2D eigenvalue weighted by Gasteiger charge is -2.09. The maximum atomic E-state index is 13.1. The summed E-state index contributed by atoms with van der Waals surface area (Å²) in [5.74, 6) is -0.839. The third-order valence-corrected chi connectivity index (χ3v) is 3.34. The Balaban J connectivity index is 2.26. The average Bonchev–Trinajstić information content (AvgIpc) is 2.34. The van der Waals surface area contributed by atoms with E-state index in [1.165, 1.54) is 12.3 Å². The highest BCUT2D eigenvalue weighted by molar-refractivity contribution is 9.10. The number of hydrogen-bond acceptors (Lipinski definition) is 2. The molecule has 0 atom stereocenters.